The summed E-state index contributed by atoms with van der Waals surface area (Å²) in [6, 6.07) is 1.38. The van der Waals surface area contributed by atoms with Crippen molar-refractivity contribution in [1.82, 2.24) is 4.98 Å². The molecule has 0 amide bonds. The number of halogens is 1. The predicted molar refractivity (Wildman–Crippen MR) is 46.8 cm³/mol. The predicted octanol–water partition coefficient (Wildman–Crippen LogP) is 2.15. The molecule has 1 heterocycles. The zero-order valence-corrected chi connectivity index (χ0v) is 7.50. The fourth-order valence-electron chi connectivity index (χ4n) is 1.35. The normalized spacial score (nSPS) is 18.7. The molecule has 1 aromatic rings. The van der Waals surface area contributed by atoms with E-state index >= 15 is 0 Å². The second-order valence-corrected chi connectivity index (χ2v) is 3.59. The molecule has 1 aromatic heterocycles. The van der Waals surface area contributed by atoms with E-state index in [0.717, 1.165) is 12.8 Å². The second-order valence-electron chi connectivity index (χ2n) is 3.59. The maximum absolute atomic E-state index is 13.3. The van der Waals surface area contributed by atoms with E-state index in [9.17, 15) is 9.50 Å². The quantitative estimate of drug-likeness (QED) is 0.758. The molecular formula is C10H12FNO. The number of pyridine rings is 1. The number of aliphatic hydroxyl groups excluding tert-OH is 1. The number of aliphatic hydroxyl groups is 1. The maximum atomic E-state index is 13.3. The highest BCUT2D eigenvalue weighted by molar-refractivity contribution is 5.22. The van der Waals surface area contributed by atoms with Crippen LogP contribution in [0.4, 0.5) is 4.39 Å². The third-order valence-electron chi connectivity index (χ3n) is 2.34. The van der Waals surface area contributed by atoms with Gasteiger partial charge in [-0.05, 0) is 25.8 Å². The van der Waals surface area contributed by atoms with Gasteiger partial charge in [0.25, 0.3) is 0 Å². The van der Waals surface area contributed by atoms with Crippen molar-refractivity contribution >= 4 is 0 Å². The summed E-state index contributed by atoms with van der Waals surface area (Å²) in [6.45, 7) is 1.60. The Hall–Kier alpha value is -0.960. The molecular weight excluding hydrogens is 169 g/mol. The van der Waals surface area contributed by atoms with Crippen LogP contribution < -0.4 is 0 Å². The largest absolute Gasteiger partial charge is 0.389 e. The van der Waals surface area contributed by atoms with E-state index in [2.05, 4.69) is 4.98 Å². The van der Waals surface area contributed by atoms with Gasteiger partial charge in [-0.15, -0.1) is 0 Å². The Balaban J connectivity index is 2.31. The first-order valence-corrected chi connectivity index (χ1v) is 4.52. The summed E-state index contributed by atoms with van der Waals surface area (Å²) in [5.74, 6) is 0.0453. The molecule has 1 aliphatic rings. The van der Waals surface area contributed by atoms with Crippen molar-refractivity contribution in [2.24, 2.45) is 0 Å². The molecule has 0 saturated heterocycles. The zero-order valence-electron chi connectivity index (χ0n) is 7.50. The summed E-state index contributed by atoms with van der Waals surface area (Å²) >= 11 is 0. The molecule has 2 nitrogen and oxygen atoms in total. The number of nitrogens with zero attached hydrogens (tertiary/aromatic N) is 1. The second kappa shape index (κ2) is 3.07. The molecule has 1 N–H and O–H groups in total. The number of rotatable bonds is 2. The van der Waals surface area contributed by atoms with E-state index < -0.39 is 6.10 Å². The first-order valence-electron chi connectivity index (χ1n) is 4.52. The van der Waals surface area contributed by atoms with E-state index in [4.69, 9.17) is 0 Å². The van der Waals surface area contributed by atoms with Crippen molar-refractivity contribution in [3.8, 4) is 0 Å². The van der Waals surface area contributed by atoms with E-state index in [0.29, 0.717) is 17.2 Å². The summed E-state index contributed by atoms with van der Waals surface area (Å²) in [7, 11) is 0. The van der Waals surface area contributed by atoms with E-state index in [1.807, 2.05) is 0 Å². The van der Waals surface area contributed by atoms with Crippen molar-refractivity contribution in [3.63, 3.8) is 0 Å². The molecule has 0 bridgehead atoms. The SMILES string of the molecule is CC(O)c1cnc(C2CC2)c(F)c1. The molecule has 1 unspecified atom stereocenters. The van der Waals surface area contributed by atoms with Crippen molar-refractivity contribution in [2.75, 3.05) is 0 Å². The van der Waals surface area contributed by atoms with Crippen LogP contribution in [0.3, 0.4) is 0 Å². The molecule has 70 valence electrons. The van der Waals surface area contributed by atoms with Gasteiger partial charge in [-0.2, -0.15) is 0 Å². The van der Waals surface area contributed by atoms with Gasteiger partial charge in [0.1, 0.15) is 5.82 Å². The van der Waals surface area contributed by atoms with Crippen molar-refractivity contribution < 1.29 is 9.50 Å². The lowest BCUT2D eigenvalue weighted by molar-refractivity contribution is 0.198. The molecule has 13 heavy (non-hydrogen) atoms. The molecule has 1 fully saturated rings. The molecule has 0 spiro atoms. The molecule has 0 aromatic carbocycles. The summed E-state index contributed by atoms with van der Waals surface area (Å²) in [5.41, 5.74) is 1.10. The fourth-order valence-corrected chi connectivity index (χ4v) is 1.35. The Labute approximate surface area is 76.4 Å². The van der Waals surface area contributed by atoms with Crippen molar-refractivity contribution in [3.05, 3.63) is 29.3 Å². The minimum atomic E-state index is -0.643. The first kappa shape index (κ1) is 8.63. The minimum absolute atomic E-state index is 0.277. The Morgan fingerprint density at radius 1 is 1.62 bits per heavy atom. The average molecular weight is 181 g/mol. The highest BCUT2D eigenvalue weighted by atomic mass is 19.1. The van der Waals surface area contributed by atoms with Gasteiger partial charge in [-0.1, -0.05) is 0 Å². The fraction of sp³-hybridized carbons (Fsp3) is 0.500. The standard InChI is InChI=1S/C10H12FNO/c1-6(13)8-4-9(11)10(12-5-8)7-2-3-7/h4-7,13H,2-3H2,1H3. The lowest BCUT2D eigenvalue weighted by Gasteiger charge is -2.06. The van der Waals surface area contributed by atoms with Gasteiger partial charge >= 0.3 is 0 Å². The van der Waals surface area contributed by atoms with Crippen LogP contribution in [-0.2, 0) is 0 Å². The van der Waals surface area contributed by atoms with Crippen LogP contribution in [0.15, 0.2) is 12.3 Å². The van der Waals surface area contributed by atoms with Crippen LogP contribution in [0.25, 0.3) is 0 Å². The molecule has 3 heteroatoms. The summed E-state index contributed by atoms with van der Waals surface area (Å²) in [6.07, 6.45) is 2.99. The Kier molecular flexibility index (Phi) is 2.04. The molecule has 1 saturated carbocycles. The van der Waals surface area contributed by atoms with Crippen molar-refractivity contribution in [1.29, 1.82) is 0 Å². The van der Waals surface area contributed by atoms with Crippen LogP contribution in [0, 0.1) is 5.82 Å². The highest BCUT2D eigenvalue weighted by Gasteiger charge is 2.28. The molecule has 2 rings (SSSR count). The lowest BCUT2D eigenvalue weighted by atomic mass is 10.1. The summed E-state index contributed by atoms with van der Waals surface area (Å²) in [5, 5.41) is 9.19. The Morgan fingerprint density at radius 2 is 2.31 bits per heavy atom. The van der Waals surface area contributed by atoms with Gasteiger partial charge < -0.3 is 5.11 Å². The topological polar surface area (TPSA) is 33.1 Å². The summed E-state index contributed by atoms with van der Waals surface area (Å²) in [4.78, 5) is 4.03. The average Bonchev–Trinajstić information content (AvgIpc) is 2.87. The van der Waals surface area contributed by atoms with E-state index in [1.54, 1.807) is 13.1 Å². The number of aromatic nitrogens is 1. The van der Waals surface area contributed by atoms with Gasteiger partial charge in [0.05, 0.1) is 11.8 Å². The van der Waals surface area contributed by atoms with Crippen LogP contribution in [0.2, 0.25) is 0 Å². The Bertz CT molecular complexity index is 321. The van der Waals surface area contributed by atoms with Crippen LogP contribution in [0.5, 0.6) is 0 Å². The summed E-state index contributed by atoms with van der Waals surface area (Å²) < 4.78 is 13.3. The molecule has 1 aliphatic carbocycles. The molecule has 0 radical (unpaired) electrons. The van der Waals surface area contributed by atoms with E-state index in [1.165, 1.54) is 6.07 Å². The maximum Gasteiger partial charge on any atom is 0.145 e. The number of hydrogen-bond acceptors (Lipinski definition) is 2. The lowest BCUT2D eigenvalue weighted by Crippen LogP contribution is -1.98. The van der Waals surface area contributed by atoms with Gasteiger partial charge in [0, 0.05) is 17.7 Å². The third-order valence-corrected chi connectivity index (χ3v) is 2.34. The minimum Gasteiger partial charge on any atom is -0.389 e. The highest BCUT2D eigenvalue weighted by Crippen LogP contribution is 2.40. The van der Waals surface area contributed by atoms with Crippen LogP contribution >= 0.6 is 0 Å². The monoisotopic (exact) mass is 181 g/mol. The van der Waals surface area contributed by atoms with Gasteiger partial charge in [-0.25, -0.2) is 4.39 Å². The zero-order chi connectivity index (χ0) is 9.42. The van der Waals surface area contributed by atoms with Crippen LogP contribution in [-0.4, -0.2) is 10.1 Å². The smallest absolute Gasteiger partial charge is 0.145 e. The first-order chi connectivity index (χ1) is 6.18. The Morgan fingerprint density at radius 3 is 2.77 bits per heavy atom. The number of hydrogen-bond donors (Lipinski definition) is 1. The van der Waals surface area contributed by atoms with Gasteiger partial charge in [-0.3, -0.25) is 4.98 Å². The van der Waals surface area contributed by atoms with Crippen LogP contribution in [0.1, 0.15) is 43.0 Å². The van der Waals surface area contributed by atoms with E-state index in [-0.39, 0.29) is 5.82 Å². The van der Waals surface area contributed by atoms with Crippen molar-refractivity contribution in [2.45, 2.75) is 31.8 Å². The molecule has 1 atom stereocenters. The third kappa shape index (κ3) is 1.70. The van der Waals surface area contributed by atoms with Gasteiger partial charge in [0.15, 0.2) is 0 Å². The van der Waals surface area contributed by atoms with Gasteiger partial charge in [0.2, 0.25) is 0 Å². The molecule has 0 aliphatic heterocycles.